The van der Waals surface area contributed by atoms with Crippen molar-refractivity contribution < 1.29 is 15.0 Å². The molecule has 0 spiro atoms. The third kappa shape index (κ3) is 2.68. The summed E-state index contributed by atoms with van der Waals surface area (Å²) in [5, 5.41) is 22.1. The molecule has 0 unspecified atom stereocenters. The van der Waals surface area contributed by atoms with Crippen molar-refractivity contribution in [3.8, 4) is 11.1 Å². The van der Waals surface area contributed by atoms with E-state index in [1.54, 1.807) is 0 Å². The number of carbonyl (C=O) groups is 1. The summed E-state index contributed by atoms with van der Waals surface area (Å²) < 4.78 is 0. The molecule has 3 N–H and O–H groups in total. The highest BCUT2D eigenvalue weighted by atomic mass is 16.4. The number of benzene rings is 2. The molecule has 0 radical (unpaired) electrons. The van der Waals surface area contributed by atoms with Crippen LogP contribution in [0.5, 0.6) is 0 Å². The fourth-order valence-electron chi connectivity index (χ4n) is 2.86. The molecule has 4 nitrogen and oxygen atoms in total. The van der Waals surface area contributed by atoms with Gasteiger partial charge < -0.3 is 15.5 Å². The monoisotopic (exact) mass is 283 g/mol. The van der Waals surface area contributed by atoms with E-state index in [-0.39, 0.29) is 5.92 Å². The summed E-state index contributed by atoms with van der Waals surface area (Å²) in [7, 11) is 0. The number of carboxylic acid groups (broad SMARTS) is 1. The summed E-state index contributed by atoms with van der Waals surface area (Å²) in [6.07, 6.45) is -0.909. The third-order valence-corrected chi connectivity index (χ3v) is 4.00. The zero-order chi connectivity index (χ0) is 14.8. The maximum absolute atomic E-state index is 11.1. The van der Waals surface area contributed by atoms with Crippen molar-refractivity contribution in [1.29, 1.82) is 0 Å². The molecule has 1 aliphatic heterocycles. The average Bonchev–Trinajstić information content (AvgIpc) is 2.90. The molecular weight excluding hydrogens is 266 g/mol. The quantitative estimate of drug-likeness (QED) is 0.804. The Bertz CT molecular complexity index is 641. The van der Waals surface area contributed by atoms with E-state index in [0.717, 1.165) is 16.7 Å². The lowest BCUT2D eigenvalue weighted by atomic mass is 9.91. The van der Waals surface area contributed by atoms with Gasteiger partial charge in [-0.25, -0.2) is 0 Å². The van der Waals surface area contributed by atoms with E-state index >= 15 is 0 Å². The molecule has 108 valence electrons. The Hall–Kier alpha value is -2.17. The molecule has 1 heterocycles. The highest BCUT2D eigenvalue weighted by Crippen LogP contribution is 2.29. The number of aliphatic carboxylic acids is 1. The van der Waals surface area contributed by atoms with E-state index in [1.807, 2.05) is 54.6 Å². The molecule has 0 bridgehead atoms. The van der Waals surface area contributed by atoms with Gasteiger partial charge in [-0.3, -0.25) is 4.79 Å². The number of carboxylic acids is 1. The van der Waals surface area contributed by atoms with Crippen molar-refractivity contribution in [2.24, 2.45) is 0 Å². The lowest BCUT2D eigenvalue weighted by Crippen LogP contribution is -2.38. The largest absolute Gasteiger partial charge is 0.480 e. The fourth-order valence-corrected chi connectivity index (χ4v) is 2.86. The molecule has 0 saturated carbocycles. The van der Waals surface area contributed by atoms with Gasteiger partial charge in [0.2, 0.25) is 0 Å². The SMILES string of the molecule is O=C(O)[C@H]1NC[C@@H](c2cccc(-c3ccccc3)c2)[C@@H]1O. The molecule has 4 heteroatoms. The predicted molar refractivity (Wildman–Crippen MR) is 80.1 cm³/mol. The summed E-state index contributed by atoms with van der Waals surface area (Å²) in [6.45, 7) is 0.469. The highest BCUT2D eigenvalue weighted by molar-refractivity contribution is 5.75. The number of aliphatic hydroxyl groups is 1. The second-order valence-electron chi connectivity index (χ2n) is 5.31. The summed E-state index contributed by atoms with van der Waals surface area (Å²) in [5.74, 6) is -1.21. The molecule has 1 fully saturated rings. The van der Waals surface area contributed by atoms with Crippen LogP contribution in [0.2, 0.25) is 0 Å². The summed E-state index contributed by atoms with van der Waals surface area (Å²) in [4.78, 5) is 11.1. The molecule has 0 aliphatic carbocycles. The number of hydrogen-bond acceptors (Lipinski definition) is 3. The Morgan fingerprint density at radius 1 is 1.05 bits per heavy atom. The first-order chi connectivity index (χ1) is 10.2. The molecule has 1 saturated heterocycles. The first-order valence-corrected chi connectivity index (χ1v) is 6.96. The van der Waals surface area contributed by atoms with Crippen molar-refractivity contribution in [2.45, 2.75) is 18.1 Å². The van der Waals surface area contributed by atoms with Gasteiger partial charge in [0.1, 0.15) is 6.04 Å². The van der Waals surface area contributed by atoms with Crippen LogP contribution in [0.4, 0.5) is 0 Å². The van der Waals surface area contributed by atoms with Crippen molar-refractivity contribution >= 4 is 5.97 Å². The normalized spacial score (nSPS) is 24.9. The lowest BCUT2D eigenvalue weighted by molar-refractivity contribution is -0.141. The van der Waals surface area contributed by atoms with E-state index in [0.29, 0.717) is 6.54 Å². The Morgan fingerprint density at radius 3 is 2.43 bits per heavy atom. The smallest absolute Gasteiger partial charge is 0.323 e. The van der Waals surface area contributed by atoms with Crippen LogP contribution >= 0.6 is 0 Å². The minimum atomic E-state index is -1.01. The van der Waals surface area contributed by atoms with Crippen LogP contribution < -0.4 is 5.32 Å². The number of nitrogens with one attached hydrogen (secondary N) is 1. The van der Waals surface area contributed by atoms with Crippen LogP contribution in [0.3, 0.4) is 0 Å². The van der Waals surface area contributed by atoms with Crippen LogP contribution in [0, 0.1) is 0 Å². The van der Waals surface area contributed by atoms with Crippen molar-refractivity contribution in [3.63, 3.8) is 0 Å². The molecular formula is C17H17NO3. The zero-order valence-electron chi connectivity index (χ0n) is 11.4. The molecule has 0 aromatic heterocycles. The van der Waals surface area contributed by atoms with Crippen LogP contribution in [0.1, 0.15) is 11.5 Å². The summed E-state index contributed by atoms with van der Waals surface area (Å²) >= 11 is 0. The van der Waals surface area contributed by atoms with E-state index in [2.05, 4.69) is 5.32 Å². The number of hydrogen-bond donors (Lipinski definition) is 3. The standard InChI is InChI=1S/C17H17NO3/c19-16-14(10-18-15(16)17(20)21)13-8-4-7-12(9-13)11-5-2-1-3-6-11/h1-9,14-16,18-19H,10H2,(H,20,21)/t14-,15-,16-/m0/s1. The Balaban J connectivity index is 1.89. The predicted octanol–water partition coefficient (Wildman–Crippen LogP) is 1.85. The van der Waals surface area contributed by atoms with Gasteiger partial charge in [-0.1, -0.05) is 54.6 Å². The van der Waals surface area contributed by atoms with Gasteiger partial charge in [0, 0.05) is 12.5 Å². The molecule has 2 aromatic rings. The van der Waals surface area contributed by atoms with E-state index in [1.165, 1.54) is 0 Å². The minimum Gasteiger partial charge on any atom is -0.480 e. The second kappa shape index (κ2) is 5.68. The van der Waals surface area contributed by atoms with Crippen LogP contribution in [-0.4, -0.2) is 34.9 Å². The van der Waals surface area contributed by atoms with Gasteiger partial charge in [-0.15, -0.1) is 0 Å². The van der Waals surface area contributed by atoms with Gasteiger partial charge >= 0.3 is 5.97 Å². The van der Waals surface area contributed by atoms with Gasteiger partial charge in [0.25, 0.3) is 0 Å². The summed E-state index contributed by atoms with van der Waals surface area (Å²) in [6, 6.07) is 17.0. The van der Waals surface area contributed by atoms with Gasteiger partial charge in [-0.2, -0.15) is 0 Å². The third-order valence-electron chi connectivity index (χ3n) is 4.00. The first-order valence-electron chi connectivity index (χ1n) is 6.96. The van der Waals surface area contributed by atoms with Crippen LogP contribution in [0.15, 0.2) is 54.6 Å². The molecule has 1 aliphatic rings. The Kier molecular flexibility index (Phi) is 3.73. The molecule has 3 rings (SSSR count). The molecule has 3 atom stereocenters. The first kappa shape index (κ1) is 13.8. The maximum Gasteiger partial charge on any atom is 0.323 e. The molecule has 21 heavy (non-hydrogen) atoms. The van der Waals surface area contributed by atoms with Gasteiger partial charge in [-0.05, 0) is 16.7 Å². The minimum absolute atomic E-state index is 0.199. The second-order valence-corrected chi connectivity index (χ2v) is 5.31. The van der Waals surface area contributed by atoms with E-state index < -0.39 is 18.1 Å². The van der Waals surface area contributed by atoms with Crippen molar-refractivity contribution in [3.05, 3.63) is 60.2 Å². The van der Waals surface area contributed by atoms with E-state index in [4.69, 9.17) is 5.11 Å². The topological polar surface area (TPSA) is 69.6 Å². The Labute approximate surface area is 123 Å². The number of rotatable bonds is 3. The zero-order valence-corrected chi connectivity index (χ0v) is 11.4. The van der Waals surface area contributed by atoms with Gasteiger partial charge in [0.15, 0.2) is 0 Å². The van der Waals surface area contributed by atoms with Crippen molar-refractivity contribution in [1.82, 2.24) is 5.32 Å². The maximum atomic E-state index is 11.1. The molecule has 2 aromatic carbocycles. The fraction of sp³-hybridized carbons (Fsp3) is 0.235. The van der Waals surface area contributed by atoms with Crippen molar-refractivity contribution in [2.75, 3.05) is 6.54 Å². The van der Waals surface area contributed by atoms with Gasteiger partial charge in [0.05, 0.1) is 6.10 Å². The van der Waals surface area contributed by atoms with E-state index in [9.17, 15) is 9.90 Å². The summed E-state index contributed by atoms with van der Waals surface area (Å²) in [5.41, 5.74) is 3.13. The Morgan fingerprint density at radius 2 is 1.76 bits per heavy atom. The lowest BCUT2D eigenvalue weighted by Gasteiger charge is -2.17. The number of aliphatic hydroxyl groups excluding tert-OH is 1. The average molecular weight is 283 g/mol. The highest BCUT2D eigenvalue weighted by Gasteiger charge is 2.39. The molecule has 0 amide bonds. The van der Waals surface area contributed by atoms with Crippen LogP contribution in [-0.2, 0) is 4.79 Å². The van der Waals surface area contributed by atoms with Crippen LogP contribution in [0.25, 0.3) is 11.1 Å².